The van der Waals surface area contributed by atoms with Gasteiger partial charge in [0, 0.05) is 26.2 Å². The minimum absolute atomic E-state index is 0.778. The van der Waals surface area contributed by atoms with Gasteiger partial charge in [-0.2, -0.15) is 0 Å². The topological polar surface area (TPSA) is 67.9 Å². The predicted octanol–water partition coefficient (Wildman–Crippen LogP) is 1.41. The van der Waals surface area contributed by atoms with Crippen LogP contribution in [0, 0.1) is 0 Å². The van der Waals surface area contributed by atoms with Crippen LogP contribution < -0.4 is 0 Å². The highest BCUT2D eigenvalue weighted by Gasteiger charge is 2.19. The second-order valence-electron chi connectivity index (χ2n) is 6.67. The van der Waals surface area contributed by atoms with Gasteiger partial charge in [0.25, 0.3) is 0 Å². The standard InChI is InChI=1S/C18H20N8/c1-3-7-17-15(5-1)19-21-25(17)13-23-9-11-24(12-10-23)14-26-18-8-4-2-6-16(18)20-22-26/h1-8H,9-14H2. The van der Waals surface area contributed by atoms with Gasteiger partial charge in [-0.25, -0.2) is 9.36 Å². The van der Waals surface area contributed by atoms with Crippen molar-refractivity contribution in [2.75, 3.05) is 26.2 Å². The molecule has 0 N–H and O–H groups in total. The molecule has 1 aliphatic heterocycles. The van der Waals surface area contributed by atoms with Gasteiger partial charge in [-0.15, -0.1) is 10.2 Å². The lowest BCUT2D eigenvalue weighted by Gasteiger charge is -2.34. The monoisotopic (exact) mass is 348 g/mol. The summed E-state index contributed by atoms with van der Waals surface area (Å²) in [5, 5.41) is 17.1. The number of rotatable bonds is 4. The van der Waals surface area contributed by atoms with E-state index in [-0.39, 0.29) is 0 Å². The lowest BCUT2D eigenvalue weighted by atomic mass is 10.3. The van der Waals surface area contributed by atoms with Crippen LogP contribution >= 0.6 is 0 Å². The summed E-state index contributed by atoms with van der Waals surface area (Å²) in [4.78, 5) is 4.83. The number of piperazine rings is 1. The Morgan fingerprint density at radius 1 is 0.615 bits per heavy atom. The van der Waals surface area contributed by atoms with E-state index in [0.29, 0.717) is 0 Å². The Kier molecular flexibility index (Phi) is 3.84. The van der Waals surface area contributed by atoms with E-state index in [1.54, 1.807) is 0 Å². The van der Waals surface area contributed by atoms with E-state index >= 15 is 0 Å². The lowest BCUT2D eigenvalue weighted by molar-refractivity contribution is 0.0818. The number of aromatic nitrogens is 6. The highest BCUT2D eigenvalue weighted by molar-refractivity contribution is 5.74. The second-order valence-corrected chi connectivity index (χ2v) is 6.67. The summed E-state index contributed by atoms with van der Waals surface area (Å²) in [5.74, 6) is 0. The summed E-state index contributed by atoms with van der Waals surface area (Å²) >= 11 is 0. The van der Waals surface area contributed by atoms with Crippen molar-refractivity contribution in [2.24, 2.45) is 0 Å². The summed E-state index contributed by atoms with van der Waals surface area (Å²) < 4.78 is 3.96. The van der Waals surface area contributed by atoms with E-state index in [4.69, 9.17) is 0 Å². The highest BCUT2D eigenvalue weighted by atomic mass is 15.5. The van der Waals surface area contributed by atoms with Gasteiger partial charge in [-0.1, -0.05) is 34.7 Å². The van der Waals surface area contributed by atoms with Crippen molar-refractivity contribution in [3.05, 3.63) is 48.5 Å². The van der Waals surface area contributed by atoms with E-state index in [1.165, 1.54) is 0 Å². The number of hydrogen-bond acceptors (Lipinski definition) is 6. The molecule has 1 aliphatic rings. The lowest BCUT2D eigenvalue weighted by Crippen LogP contribution is -2.47. The largest absolute Gasteiger partial charge is 0.282 e. The fourth-order valence-electron chi connectivity index (χ4n) is 3.49. The summed E-state index contributed by atoms with van der Waals surface area (Å²) in [6.07, 6.45) is 0. The predicted molar refractivity (Wildman–Crippen MR) is 98.2 cm³/mol. The highest BCUT2D eigenvalue weighted by Crippen LogP contribution is 2.13. The number of para-hydroxylation sites is 2. The zero-order chi connectivity index (χ0) is 17.3. The molecule has 8 nitrogen and oxygen atoms in total. The van der Waals surface area contributed by atoms with Crippen molar-refractivity contribution in [3.8, 4) is 0 Å². The minimum Gasteiger partial charge on any atom is -0.282 e. The SMILES string of the molecule is c1ccc2c(c1)nnn2CN1CCN(Cn2nnc3ccccc32)CC1. The van der Waals surface area contributed by atoms with Gasteiger partial charge in [0.1, 0.15) is 11.0 Å². The summed E-state index contributed by atoms with van der Waals surface area (Å²) in [6.45, 7) is 5.56. The Bertz CT molecular complexity index is 944. The van der Waals surface area contributed by atoms with Crippen LogP contribution in [0.3, 0.4) is 0 Å². The number of benzene rings is 2. The van der Waals surface area contributed by atoms with E-state index in [1.807, 2.05) is 45.8 Å². The van der Waals surface area contributed by atoms with Crippen LogP contribution in [0.1, 0.15) is 0 Å². The Labute approximate surface area is 150 Å². The fourth-order valence-corrected chi connectivity index (χ4v) is 3.49. The Morgan fingerprint density at radius 2 is 1.04 bits per heavy atom. The molecule has 5 rings (SSSR count). The first-order valence-electron chi connectivity index (χ1n) is 8.88. The maximum Gasteiger partial charge on any atom is 0.113 e. The van der Waals surface area contributed by atoms with Crippen LogP contribution in [0.25, 0.3) is 22.1 Å². The van der Waals surface area contributed by atoms with Crippen LogP contribution in [0.15, 0.2) is 48.5 Å². The maximum absolute atomic E-state index is 4.29. The molecule has 0 aliphatic carbocycles. The average molecular weight is 348 g/mol. The zero-order valence-corrected chi connectivity index (χ0v) is 14.4. The van der Waals surface area contributed by atoms with Gasteiger partial charge >= 0.3 is 0 Å². The van der Waals surface area contributed by atoms with Crippen molar-refractivity contribution in [1.82, 2.24) is 39.8 Å². The van der Waals surface area contributed by atoms with Gasteiger partial charge in [0.2, 0.25) is 0 Å². The summed E-state index contributed by atoms with van der Waals surface area (Å²) in [5.41, 5.74) is 4.07. The quantitative estimate of drug-likeness (QED) is 0.555. The summed E-state index contributed by atoms with van der Waals surface area (Å²) in [6, 6.07) is 16.2. The van der Waals surface area contributed by atoms with Crippen LogP contribution in [0.5, 0.6) is 0 Å². The molecule has 2 aromatic carbocycles. The first-order valence-corrected chi connectivity index (χ1v) is 8.88. The molecule has 0 radical (unpaired) electrons. The molecule has 2 aromatic heterocycles. The van der Waals surface area contributed by atoms with Crippen LogP contribution in [0.4, 0.5) is 0 Å². The molecule has 0 bridgehead atoms. The van der Waals surface area contributed by atoms with E-state index in [9.17, 15) is 0 Å². The molecule has 0 atom stereocenters. The Hall–Kier alpha value is -2.84. The molecule has 3 heterocycles. The van der Waals surface area contributed by atoms with Crippen LogP contribution in [0.2, 0.25) is 0 Å². The molecule has 1 saturated heterocycles. The molecule has 0 saturated carbocycles. The molecular weight excluding hydrogens is 328 g/mol. The van der Waals surface area contributed by atoms with E-state index < -0.39 is 0 Å². The van der Waals surface area contributed by atoms with Gasteiger partial charge < -0.3 is 0 Å². The van der Waals surface area contributed by atoms with Crippen molar-refractivity contribution in [1.29, 1.82) is 0 Å². The molecule has 26 heavy (non-hydrogen) atoms. The fraction of sp³-hybridized carbons (Fsp3) is 0.333. The average Bonchev–Trinajstić information content (AvgIpc) is 3.28. The van der Waals surface area contributed by atoms with Crippen molar-refractivity contribution in [2.45, 2.75) is 13.3 Å². The van der Waals surface area contributed by atoms with Gasteiger partial charge in [0.05, 0.1) is 24.4 Å². The van der Waals surface area contributed by atoms with Crippen molar-refractivity contribution in [3.63, 3.8) is 0 Å². The van der Waals surface area contributed by atoms with Crippen LogP contribution in [-0.4, -0.2) is 66.0 Å². The van der Waals surface area contributed by atoms with Crippen LogP contribution in [-0.2, 0) is 13.3 Å². The molecule has 8 heteroatoms. The van der Waals surface area contributed by atoms with Gasteiger partial charge in [-0.3, -0.25) is 9.80 Å². The number of hydrogen-bond donors (Lipinski definition) is 0. The third-order valence-corrected chi connectivity index (χ3v) is 4.97. The molecule has 0 amide bonds. The Balaban J connectivity index is 1.22. The second kappa shape index (κ2) is 6.47. The third kappa shape index (κ3) is 2.83. The molecule has 132 valence electrons. The number of fused-ring (bicyclic) bond motifs is 2. The molecule has 0 spiro atoms. The smallest absolute Gasteiger partial charge is 0.113 e. The normalized spacial score (nSPS) is 16.6. The Morgan fingerprint density at radius 3 is 1.50 bits per heavy atom. The first kappa shape index (κ1) is 15.4. The van der Waals surface area contributed by atoms with Crippen molar-refractivity contribution >= 4 is 22.1 Å². The molecule has 4 aromatic rings. The minimum atomic E-state index is 0.778. The molecule has 0 unspecified atom stereocenters. The maximum atomic E-state index is 4.29. The van der Waals surface area contributed by atoms with Gasteiger partial charge in [-0.05, 0) is 24.3 Å². The van der Waals surface area contributed by atoms with Crippen molar-refractivity contribution < 1.29 is 0 Å². The molecular formula is C18H20N8. The van der Waals surface area contributed by atoms with E-state index in [0.717, 1.165) is 61.6 Å². The first-order chi connectivity index (χ1) is 12.9. The van der Waals surface area contributed by atoms with Gasteiger partial charge in [0.15, 0.2) is 0 Å². The van der Waals surface area contributed by atoms with E-state index in [2.05, 4.69) is 42.6 Å². The number of nitrogens with zero attached hydrogens (tertiary/aromatic N) is 8. The molecule has 1 fully saturated rings. The summed E-state index contributed by atoms with van der Waals surface area (Å²) in [7, 11) is 0. The third-order valence-electron chi connectivity index (χ3n) is 4.97. The zero-order valence-electron chi connectivity index (χ0n) is 14.4.